The molecule has 8 aliphatic rings. The number of ether oxygens (including phenoxy) is 4. The first-order chi connectivity index (χ1) is 17.1. The predicted molar refractivity (Wildman–Crippen MR) is 114 cm³/mol. The molecule has 14 atom stereocenters. The SMILES string of the molecule is COC(=O)C12C3C4CC(OC(C)=O)C(=O)C4C4C3C3C(C5CC(OC(C)=O)C(=O)C5C31)C42C(=O)OC. The van der Waals surface area contributed by atoms with E-state index in [2.05, 4.69) is 0 Å². The van der Waals surface area contributed by atoms with Crippen LogP contribution in [0, 0.1) is 70.0 Å². The fourth-order valence-corrected chi connectivity index (χ4v) is 11.8. The van der Waals surface area contributed by atoms with Crippen molar-refractivity contribution in [1.82, 2.24) is 0 Å². The molecule has 10 heteroatoms. The smallest absolute Gasteiger partial charge is 0.313 e. The van der Waals surface area contributed by atoms with E-state index in [0.717, 1.165) is 0 Å². The largest absolute Gasteiger partial charge is 0.469 e. The lowest BCUT2D eigenvalue weighted by molar-refractivity contribution is -0.208. The molecule has 10 nitrogen and oxygen atoms in total. The minimum absolute atomic E-state index is 0.0824. The molecule has 8 aliphatic carbocycles. The number of ketones is 2. The summed E-state index contributed by atoms with van der Waals surface area (Å²) in [5.41, 5.74) is -2.57. The van der Waals surface area contributed by atoms with Crippen LogP contribution < -0.4 is 0 Å². The summed E-state index contributed by atoms with van der Waals surface area (Å²) in [5.74, 6) is -5.69. The first-order valence-corrected chi connectivity index (χ1v) is 12.7. The summed E-state index contributed by atoms with van der Waals surface area (Å²) in [4.78, 5) is 78.3. The second-order valence-corrected chi connectivity index (χ2v) is 11.8. The lowest BCUT2D eigenvalue weighted by Crippen LogP contribution is -2.66. The number of hydrogen-bond donors (Lipinski definition) is 0. The van der Waals surface area contributed by atoms with Crippen LogP contribution in [0.2, 0.25) is 0 Å². The topological polar surface area (TPSA) is 139 Å². The van der Waals surface area contributed by atoms with Crippen LogP contribution >= 0.6 is 0 Å². The van der Waals surface area contributed by atoms with Gasteiger partial charge in [-0.15, -0.1) is 0 Å². The highest BCUT2D eigenvalue weighted by Crippen LogP contribution is 2.97. The number of methoxy groups -OCH3 is 2. The number of carbonyl (C=O) groups excluding carboxylic acids is 6. The van der Waals surface area contributed by atoms with Crippen LogP contribution in [0.1, 0.15) is 26.7 Å². The molecule has 0 aromatic heterocycles. The van der Waals surface area contributed by atoms with E-state index < -0.39 is 70.6 Å². The van der Waals surface area contributed by atoms with Gasteiger partial charge in [-0.2, -0.15) is 0 Å². The average Bonchev–Trinajstić information content (AvgIpc) is 3.65. The maximum absolute atomic E-state index is 13.9. The van der Waals surface area contributed by atoms with E-state index >= 15 is 0 Å². The van der Waals surface area contributed by atoms with Crippen LogP contribution in [0.3, 0.4) is 0 Å². The van der Waals surface area contributed by atoms with Crippen molar-refractivity contribution in [3.63, 3.8) is 0 Å². The molecule has 0 heterocycles. The van der Waals surface area contributed by atoms with Gasteiger partial charge in [0.1, 0.15) is 0 Å². The Labute approximate surface area is 206 Å². The van der Waals surface area contributed by atoms with Crippen LogP contribution in [0.25, 0.3) is 0 Å². The Hall–Kier alpha value is -2.78. The molecule has 0 N–H and O–H groups in total. The fraction of sp³-hybridized carbons (Fsp3) is 0.769. The summed E-state index contributed by atoms with van der Waals surface area (Å²) in [5, 5.41) is 0. The third-order valence-electron chi connectivity index (χ3n) is 11.4. The normalized spacial score (nSPS) is 53.6. The number of rotatable bonds is 4. The second-order valence-electron chi connectivity index (χ2n) is 11.8. The lowest BCUT2D eigenvalue weighted by atomic mass is 9.43. The molecular formula is C26H28O10. The minimum Gasteiger partial charge on any atom is -0.469 e. The van der Waals surface area contributed by atoms with Gasteiger partial charge in [0.15, 0.2) is 23.8 Å². The molecule has 36 heavy (non-hydrogen) atoms. The van der Waals surface area contributed by atoms with Crippen LogP contribution in [0.4, 0.5) is 0 Å². The van der Waals surface area contributed by atoms with Crippen molar-refractivity contribution in [2.75, 3.05) is 14.2 Å². The summed E-state index contributed by atoms with van der Waals surface area (Å²) >= 11 is 0. The monoisotopic (exact) mass is 500 g/mol. The molecular weight excluding hydrogens is 472 g/mol. The van der Waals surface area contributed by atoms with Crippen molar-refractivity contribution in [3.05, 3.63) is 0 Å². The lowest BCUT2D eigenvalue weighted by Gasteiger charge is -2.56. The van der Waals surface area contributed by atoms with Gasteiger partial charge in [0.05, 0.1) is 25.0 Å². The van der Waals surface area contributed by atoms with Gasteiger partial charge in [0.2, 0.25) is 0 Å². The van der Waals surface area contributed by atoms with Crippen molar-refractivity contribution in [3.8, 4) is 0 Å². The summed E-state index contributed by atoms with van der Waals surface area (Å²) in [6, 6.07) is 0. The summed E-state index contributed by atoms with van der Waals surface area (Å²) < 4.78 is 21.5. The van der Waals surface area contributed by atoms with Crippen LogP contribution in [0.5, 0.6) is 0 Å². The zero-order chi connectivity index (χ0) is 25.6. The standard InChI is InChI=1S/C26H28O10/c1-7(27)35-11-5-9-13(21(11)29)19-15-16-18-10-6-12(36-8(2)28)22(30)14(10)20(16)25(17(9)15,23(31)33-3)26(18,19)24(32)34-4/h9-20H,5-6H2,1-4H3. The quantitative estimate of drug-likeness (QED) is 0.392. The Morgan fingerprint density at radius 2 is 1.03 bits per heavy atom. The first kappa shape index (κ1) is 22.4. The summed E-state index contributed by atoms with van der Waals surface area (Å²) in [7, 11) is 2.59. The molecule has 8 fully saturated rings. The Morgan fingerprint density at radius 3 is 1.33 bits per heavy atom. The molecule has 0 radical (unpaired) electrons. The predicted octanol–water partition coefficient (Wildman–Crippen LogP) is 0.344. The molecule has 8 rings (SSSR count). The maximum Gasteiger partial charge on any atom is 0.313 e. The molecule has 0 aliphatic heterocycles. The van der Waals surface area contributed by atoms with Crippen LogP contribution in [-0.4, -0.2) is 61.9 Å². The van der Waals surface area contributed by atoms with E-state index in [-0.39, 0.29) is 47.1 Å². The van der Waals surface area contributed by atoms with Gasteiger partial charge in [0, 0.05) is 25.7 Å². The first-order valence-electron chi connectivity index (χ1n) is 12.7. The number of carbonyl (C=O) groups is 6. The van der Waals surface area contributed by atoms with Crippen molar-refractivity contribution >= 4 is 35.4 Å². The van der Waals surface area contributed by atoms with Gasteiger partial charge in [-0.05, 0) is 60.2 Å². The Kier molecular flexibility index (Phi) is 4.08. The molecule has 192 valence electrons. The van der Waals surface area contributed by atoms with Gasteiger partial charge in [-0.25, -0.2) is 0 Å². The van der Waals surface area contributed by atoms with E-state index in [1.54, 1.807) is 0 Å². The number of hydrogen-bond acceptors (Lipinski definition) is 10. The van der Waals surface area contributed by atoms with E-state index in [1.807, 2.05) is 0 Å². The van der Waals surface area contributed by atoms with Gasteiger partial charge < -0.3 is 18.9 Å². The highest BCUT2D eigenvalue weighted by molar-refractivity contribution is 6.01. The van der Waals surface area contributed by atoms with Gasteiger partial charge in [-0.1, -0.05) is 0 Å². The van der Waals surface area contributed by atoms with Crippen molar-refractivity contribution in [1.29, 1.82) is 0 Å². The molecule has 0 aromatic rings. The van der Waals surface area contributed by atoms with E-state index in [0.29, 0.717) is 12.8 Å². The minimum atomic E-state index is -1.28. The number of esters is 4. The summed E-state index contributed by atoms with van der Waals surface area (Å²) in [6.45, 7) is 2.52. The average molecular weight is 501 g/mol. The highest BCUT2D eigenvalue weighted by atomic mass is 16.6. The van der Waals surface area contributed by atoms with E-state index in [1.165, 1.54) is 28.1 Å². The fourth-order valence-electron chi connectivity index (χ4n) is 11.8. The molecule has 14 unspecified atom stereocenters. The van der Waals surface area contributed by atoms with Crippen molar-refractivity contribution in [2.24, 2.45) is 70.0 Å². The van der Waals surface area contributed by atoms with Gasteiger partial charge in [-0.3, -0.25) is 28.8 Å². The second kappa shape index (κ2) is 6.55. The molecule has 8 saturated carbocycles. The Morgan fingerprint density at radius 1 is 0.667 bits per heavy atom. The summed E-state index contributed by atoms with van der Waals surface area (Å²) in [6.07, 6.45) is -1.18. The molecule has 0 spiro atoms. The van der Waals surface area contributed by atoms with Crippen molar-refractivity contribution in [2.45, 2.75) is 38.9 Å². The van der Waals surface area contributed by atoms with E-state index in [4.69, 9.17) is 18.9 Å². The number of Topliss-reactive ketones (excluding diaryl/α,β-unsaturated/α-hetero) is 2. The zero-order valence-electron chi connectivity index (χ0n) is 20.4. The maximum atomic E-state index is 13.9. The van der Waals surface area contributed by atoms with Crippen LogP contribution in [-0.2, 0) is 47.7 Å². The molecule has 0 aromatic carbocycles. The zero-order valence-corrected chi connectivity index (χ0v) is 20.4. The van der Waals surface area contributed by atoms with Gasteiger partial charge in [0.25, 0.3) is 0 Å². The highest BCUT2D eigenvalue weighted by Gasteiger charge is 3.02. The van der Waals surface area contributed by atoms with E-state index in [9.17, 15) is 28.8 Å². The Balaban J connectivity index is 1.41. The molecule has 0 saturated heterocycles. The molecule has 8 bridgehead atoms. The van der Waals surface area contributed by atoms with Gasteiger partial charge >= 0.3 is 23.9 Å². The van der Waals surface area contributed by atoms with Crippen molar-refractivity contribution < 1.29 is 47.7 Å². The Bertz CT molecular complexity index is 1090. The number of fused-ring (bicyclic) bond motifs is 2. The third kappa shape index (κ3) is 1.91. The molecule has 0 amide bonds. The third-order valence-corrected chi connectivity index (χ3v) is 11.4. The van der Waals surface area contributed by atoms with Crippen LogP contribution in [0.15, 0.2) is 0 Å².